The molecular weight excluding hydrogens is 464 g/mol. The summed E-state index contributed by atoms with van der Waals surface area (Å²) in [6, 6.07) is 29.7. The molecule has 6 heteroatoms. The fourth-order valence-corrected chi connectivity index (χ4v) is 4.55. The predicted octanol–water partition coefficient (Wildman–Crippen LogP) is 6.03. The maximum atomic E-state index is 6.92. The van der Waals surface area contributed by atoms with Gasteiger partial charge in [-0.3, -0.25) is 0 Å². The van der Waals surface area contributed by atoms with Crippen LogP contribution in [-0.4, -0.2) is 37.2 Å². The van der Waals surface area contributed by atoms with Gasteiger partial charge in [-0.1, -0.05) is 48.5 Å². The first-order valence-corrected chi connectivity index (χ1v) is 12.2. The Morgan fingerprint density at radius 3 is 1.95 bits per heavy atom. The Hall–Kier alpha value is -4.32. The van der Waals surface area contributed by atoms with Gasteiger partial charge in [-0.2, -0.15) is 0 Å². The van der Waals surface area contributed by atoms with Gasteiger partial charge in [-0.25, -0.2) is 9.98 Å². The molecule has 5 rings (SSSR count). The van der Waals surface area contributed by atoms with E-state index in [1.807, 2.05) is 92.7 Å². The van der Waals surface area contributed by atoms with Gasteiger partial charge in [-0.15, -0.1) is 0 Å². The van der Waals surface area contributed by atoms with E-state index < -0.39 is 11.1 Å². The lowest BCUT2D eigenvalue weighted by Crippen LogP contribution is -2.31. The molecule has 0 fully saturated rings. The molecule has 37 heavy (non-hydrogen) atoms. The Balaban J connectivity index is 1.60. The van der Waals surface area contributed by atoms with Crippen LogP contribution < -0.4 is 14.2 Å². The predicted molar refractivity (Wildman–Crippen MR) is 144 cm³/mol. The SMILES string of the molecule is COc1ccc(C2(c3ccc(OC)cc3)OC(=NC(C)(C)COc3ccccn3)c3ccccc32)cc1. The van der Waals surface area contributed by atoms with Crippen LogP contribution in [0, 0.1) is 0 Å². The number of benzene rings is 3. The van der Waals surface area contributed by atoms with E-state index in [2.05, 4.69) is 17.1 Å². The molecule has 0 unspecified atom stereocenters. The van der Waals surface area contributed by atoms with Crippen molar-refractivity contribution in [3.63, 3.8) is 0 Å². The van der Waals surface area contributed by atoms with Crippen molar-refractivity contribution in [3.05, 3.63) is 119 Å². The quantitative estimate of drug-likeness (QED) is 0.300. The van der Waals surface area contributed by atoms with Crippen LogP contribution in [0.2, 0.25) is 0 Å². The molecule has 0 aliphatic carbocycles. The van der Waals surface area contributed by atoms with Crippen LogP contribution in [0.1, 0.15) is 36.1 Å². The fraction of sp³-hybridized carbons (Fsp3) is 0.226. The minimum Gasteiger partial charge on any atom is -0.497 e. The van der Waals surface area contributed by atoms with Gasteiger partial charge in [0.15, 0.2) is 5.60 Å². The molecule has 1 aliphatic heterocycles. The number of rotatable bonds is 8. The van der Waals surface area contributed by atoms with Crippen LogP contribution in [0.5, 0.6) is 17.4 Å². The number of methoxy groups -OCH3 is 2. The van der Waals surface area contributed by atoms with E-state index in [0.717, 1.165) is 33.8 Å². The third-order valence-electron chi connectivity index (χ3n) is 6.39. The fourth-order valence-electron chi connectivity index (χ4n) is 4.55. The van der Waals surface area contributed by atoms with Gasteiger partial charge in [0, 0.05) is 34.5 Å². The number of aromatic nitrogens is 1. The van der Waals surface area contributed by atoms with Crippen LogP contribution in [0.15, 0.2) is 102 Å². The molecule has 0 saturated carbocycles. The highest BCUT2D eigenvalue weighted by atomic mass is 16.5. The first-order chi connectivity index (χ1) is 17.9. The molecule has 0 bridgehead atoms. The molecule has 2 heterocycles. The average Bonchev–Trinajstić information content (AvgIpc) is 3.27. The van der Waals surface area contributed by atoms with E-state index in [1.54, 1.807) is 20.4 Å². The second-order valence-corrected chi connectivity index (χ2v) is 9.47. The molecule has 0 spiro atoms. The zero-order chi connectivity index (χ0) is 25.9. The largest absolute Gasteiger partial charge is 0.497 e. The average molecular weight is 495 g/mol. The highest BCUT2D eigenvalue weighted by Gasteiger charge is 2.48. The van der Waals surface area contributed by atoms with Crippen molar-refractivity contribution in [2.24, 2.45) is 4.99 Å². The van der Waals surface area contributed by atoms with Crippen molar-refractivity contribution in [1.82, 2.24) is 4.98 Å². The van der Waals surface area contributed by atoms with E-state index in [1.165, 1.54) is 0 Å². The Labute approximate surface area is 217 Å². The van der Waals surface area contributed by atoms with Crippen molar-refractivity contribution >= 4 is 5.90 Å². The monoisotopic (exact) mass is 494 g/mol. The highest BCUT2D eigenvalue weighted by Crippen LogP contribution is 2.48. The minimum atomic E-state index is -0.897. The zero-order valence-corrected chi connectivity index (χ0v) is 21.5. The van der Waals surface area contributed by atoms with E-state index in [4.69, 9.17) is 23.9 Å². The highest BCUT2D eigenvalue weighted by molar-refractivity contribution is 6.00. The Kier molecular flexibility index (Phi) is 6.57. The van der Waals surface area contributed by atoms with Gasteiger partial charge in [0.25, 0.3) is 0 Å². The van der Waals surface area contributed by atoms with Gasteiger partial charge in [0.05, 0.1) is 19.8 Å². The molecule has 6 nitrogen and oxygen atoms in total. The molecule has 3 aromatic carbocycles. The number of hydrogen-bond acceptors (Lipinski definition) is 6. The number of nitrogens with zero attached hydrogens (tertiary/aromatic N) is 2. The topological polar surface area (TPSA) is 62.2 Å². The Morgan fingerprint density at radius 2 is 1.38 bits per heavy atom. The van der Waals surface area contributed by atoms with Gasteiger partial charge in [0.2, 0.25) is 11.8 Å². The van der Waals surface area contributed by atoms with Crippen LogP contribution in [0.3, 0.4) is 0 Å². The second kappa shape index (κ2) is 9.97. The Bertz CT molecular complexity index is 1330. The van der Waals surface area contributed by atoms with Crippen molar-refractivity contribution in [3.8, 4) is 17.4 Å². The zero-order valence-electron chi connectivity index (χ0n) is 21.5. The van der Waals surface area contributed by atoms with Gasteiger partial charge >= 0.3 is 0 Å². The minimum absolute atomic E-state index is 0.344. The Morgan fingerprint density at radius 1 is 0.784 bits per heavy atom. The lowest BCUT2D eigenvalue weighted by molar-refractivity contribution is 0.153. The standard InChI is InChI=1S/C31H30N2O4/c1-30(2,21-36-28-11-7-8-20-32-28)33-29-26-9-5-6-10-27(26)31(37-29,22-12-16-24(34-3)17-13-22)23-14-18-25(35-4)19-15-23/h5-20H,21H2,1-4H3. The first-order valence-electron chi connectivity index (χ1n) is 12.2. The summed E-state index contributed by atoms with van der Waals surface area (Å²) in [6.45, 7) is 4.39. The summed E-state index contributed by atoms with van der Waals surface area (Å²) >= 11 is 0. The molecular formula is C31H30N2O4. The molecule has 0 atom stereocenters. The van der Waals surface area contributed by atoms with E-state index in [-0.39, 0.29) is 0 Å². The summed E-state index contributed by atoms with van der Waals surface area (Å²) in [5, 5.41) is 0. The summed E-state index contributed by atoms with van der Waals surface area (Å²) in [6.07, 6.45) is 1.71. The van der Waals surface area contributed by atoms with Crippen LogP contribution in [0.4, 0.5) is 0 Å². The van der Waals surface area contributed by atoms with Gasteiger partial charge in [-0.05, 0) is 50.2 Å². The summed E-state index contributed by atoms with van der Waals surface area (Å²) in [7, 11) is 3.32. The molecule has 188 valence electrons. The van der Waals surface area contributed by atoms with Gasteiger partial charge in [0.1, 0.15) is 18.1 Å². The maximum Gasteiger partial charge on any atom is 0.218 e. The smallest absolute Gasteiger partial charge is 0.218 e. The third kappa shape index (κ3) is 4.75. The molecule has 0 N–H and O–H groups in total. The molecule has 0 amide bonds. The van der Waals surface area contributed by atoms with Gasteiger partial charge < -0.3 is 18.9 Å². The number of fused-ring (bicyclic) bond motifs is 1. The van der Waals surface area contributed by atoms with Crippen molar-refractivity contribution in [2.75, 3.05) is 20.8 Å². The van der Waals surface area contributed by atoms with Crippen molar-refractivity contribution in [1.29, 1.82) is 0 Å². The molecule has 4 aromatic rings. The summed E-state index contributed by atoms with van der Waals surface area (Å²) in [5.41, 5.74) is 2.43. The summed E-state index contributed by atoms with van der Waals surface area (Å²) in [4.78, 5) is 9.33. The van der Waals surface area contributed by atoms with E-state index in [0.29, 0.717) is 18.4 Å². The summed E-state index contributed by atoms with van der Waals surface area (Å²) in [5.74, 6) is 2.69. The number of aliphatic imine (C=N–C) groups is 1. The van der Waals surface area contributed by atoms with Crippen LogP contribution in [0.25, 0.3) is 0 Å². The number of hydrogen-bond donors (Lipinski definition) is 0. The third-order valence-corrected chi connectivity index (χ3v) is 6.39. The van der Waals surface area contributed by atoms with Crippen LogP contribution >= 0.6 is 0 Å². The number of pyridine rings is 1. The maximum absolute atomic E-state index is 6.92. The van der Waals surface area contributed by atoms with E-state index in [9.17, 15) is 0 Å². The van der Waals surface area contributed by atoms with Crippen molar-refractivity contribution in [2.45, 2.75) is 25.0 Å². The molecule has 0 saturated heterocycles. The van der Waals surface area contributed by atoms with Crippen LogP contribution in [-0.2, 0) is 10.3 Å². The lowest BCUT2D eigenvalue weighted by atomic mass is 9.80. The molecule has 1 aromatic heterocycles. The van der Waals surface area contributed by atoms with E-state index >= 15 is 0 Å². The molecule has 1 aliphatic rings. The summed E-state index contributed by atoms with van der Waals surface area (Å²) < 4.78 is 23.7. The first kappa shape index (κ1) is 24.4. The normalized spacial score (nSPS) is 15.1. The lowest BCUT2D eigenvalue weighted by Gasteiger charge is -2.31. The molecule has 0 radical (unpaired) electrons. The number of ether oxygens (including phenoxy) is 4. The van der Waals surface area contributed by atoms with Crippen molar-refractivity contribution < 1.29 is 18.9 Å². The second-order valence-electron chi connectivity index (χ2n) is 9.47.